The zero-order chi connectivity index (χ0) is 12.8. The maximum Gasteiger partial charge on any atom is 0.226 e. The van der Waals surface area contributed by atoms with E-state index in [9.17, 15) is 9.18 Å². The molecule has 0 aliphatic rings. The van der Waals surface area contributed by atoms with Gasteiger partial charge in [0.1, 0.15) is 5.82 Å². The van der Waals surface area contributed by atoms with Crippen LogP contribution in [0.1, 0.15) is 12.5 Å². The number of nitriles is 1. The summed E-state index contributed by atoms with van der Waals surface area (Å²) in [6, 6.07) is 8.05. The Bertz CT molecular complexity index is 439. The lowest BCUT2D eigenvalue weighted by Gasteiger charge is -2.18. The third-order valence-electron chi connectivity index (χ3n) is 2.44. The highest BCUT2D eigenvalue weighted by molar-refractivity contribution is 5.78. The fourth-order valence-corrected chi connectivity index (χ4v) is 1.51. The Hall–Kier alpha value is -1.89. The molecule has 0 aliphatic heterocycles. The molecular formula is C13H15FN2O. The number of halogens is 1. The highest BCUT2D eigenvalue weighted by Crippen LogP contribution is 2.06. The Labute approximate surface area is 100 Å². The predicted molar refractivity (Wildman–Crippen MR) is 62.5 cm³/mol. The largest absolute Gasteiger partial charge is 0.344 e. The van der Waals surface area contributed by atoms with E-state index in [0.717, 1.165) is 0 Å². The summed E-state index contributed by atoms with van der Waals surface area (Å²) in [4.78, 5) is 13.3. The van der Waals surface area contributed by atoms with Crippen LogP contribution in [0.4, 0.5) is 4.39 Å². The van der Waals surface area contributed by atoms with Crippen molar-refractivity contribution in [3.8, 4) is 6.07 Å². The average molecular weight is 234 g/mol. The van der Waals surface area contributed by atoms with Crippen LogP contribution in [0.25, 0.3) is 0 Å². The number of likely N-dealkylation sites (N-methyl/N-ethyl adjacent to an activating group) is 1. The first-order valence-electron chi connectivity index (χ1n) is 5.41. The van der Waals surface area contributed by atoms with Gasteiger partial charge in [-0.3, -0.25) is 4.79 Å². The van der Waals surface area contributed by atoms with Gasteiger partial charge in [-0.15, -0.1) is 0 Å². The number of rotatable bonds is 4. The molecule has 0 saturated carbocycles. The number of hydrogen-bond donors (Lipinski definition) is 0. The lowest BCUT2D eigenvalue weighted by atomic mass is 10.1. The van der Waals surface area contributed by atoms with Crippen molar-refractivity contribution in [2.45, 2.75) is 13.3 Å². The van der Waals surface area contributed by atoms with Crippen molar-refractivity contribution in [2.24, 2.45) is 5.92 Å². The standard InChI is InChI=1S/C13H15FN2O/c1-10(8-15)9-16(2)13(17)7-11-4-3-5-12(14)6-11/h3-6,10H,7,9H2,1-2H3. The summed E-state index contributed by atoms with van der Waals surface area (Å²) in [6.45, 7) is 2.15. The number of carbonyl (C=O) groups excluding carboxylic acids is 1. The molecule has 1 atom stereocenters. The van der Waals surface area contributed by atoms with Crippen molar-refractivity contribution in [3.63, 3.8) is 0 Å². The summed E-state index contributed by atoms with van der Waals surface area (Å²) in [5.74, 6) is -0.655. The van der Waals surface area contributed by atoms with Crippen LogP contribution in [0, 0.1) is 23.1 Å². The molecule has 0 saturated heterocycles. The molecule has 4 heteroatoms. The molecule has 1 amide bonds. The van der Waals surface area contributed by atoms with Gasteiger partial charge in [0.15, 0.2) is 0 Å². The second kappa shape index (κ2) is 6.00. The minimum atomic E-state index is -0.344. The molecule has 1 aromatic rings. The van der Waals surface area contributed by atoms with Crippen molar-refractivity contribution >= 4 is 5.91 Å². The van der Waals surface area contributed by atoms with Crippen LogP contribution in [0.3, 0.4) is 0 Å². The van der Waals surface area contributed by atoms with E-state index in [2.05, 4.69) is 6.07 Å². The van der Waals surface area contributed by atoms with E-state index in [4.69, 9.17) is 5.26 Å². The summed E-state index contributed by atoms with van der Waals surface area (Å²) in [6.07, 6.45) is 0.159. The van der Waals surface area contributed by atoms with Crippen molar-refractivity contribution in [3.05, 3.63) is 35.6 Å². The number of hydrogen-bond acceptors (Lipinski definition) is 2. The highest BCUT2D eigenvalue weighted by Gasteiger charge is 2.12. The van der Waals surface area contributed by atoms with Crippen LogP contribution in [-0.4, -0.2) is 24.4 Å². The van der Waals surface area contributed by atoms with E-state index >= 15 is 0 Å². The SMILES string of the molecule is CC(C#N)CN(C)C(=O)Cc1cccc(F)c1. The van der Waals surface area contributed by atoms with Crippen LogP contribution >= 0.6 is 0 Å². The van der Waals surface area contributed by atoms with Gasteiger partial charge in [0, 0.05) is 13.6 Å². The fraction of sp³-hybridized carbons (Fsp3) is 0.385. The first kappa shape index (κ1) is 13.2. The first-order valence-corrected chi connectivity index (χ1v) is 5.41. The van der Waals surface area contributed by atoms with Crippen molar-refractivity contribution in [2.75, 3.05) is 13.6 Å². The molecule has 0 radical (unpaired) electrons. The number of carbonyl (C=O) groups is 1. The summed E-state index contributed by atoms with van der Waals surface area (Å²) in [7, 11) is 1.65. The summed E-state index contributed by atoms with van der Waals surface area (Å²) < 4.78 is 12.9. The summed E-state index contributed by atoms with van der Waals surface area (Å²) >= 11 is 0. The molecule has 0 aromatic heterocycles. The van der Waals surface area contributed by atoms with E-state index in [1.807, 2.05) is 0 Å². The lowest BCUT2D eigenvalue weighted by molar-refractivity contribution is -0.129. The Morgan fingerprint density at radius 1 is 1.59 bits per heavy atom. The maximum atomic E-state index is 12.9. The van der Waals surface area contributed by atoms with Gasteiger partial charge in [-0.05, 0) is 24.6 Å². The molecule has 0 spiro atoms. The second-order valence-electron chi connectivity index (χ2n) is 4.11. The molecule has 0 heterocycles. The normalized spacial score (nSPS) is 11.6. The number of amides is 1. The predicted octanol–water partition coefficient (Wildman–Crippen LogP) is 1.99. The Kier molecular flexibility index (Phi) is 4.65. The molecule has 0 bridgehead atoms. The van der Waals surface area contributed by atoms with Gasteiger partial charge in [-0.25, -0.2) is 4.39 Å². The third kappa shape index (κ3) is 4.23. The fourth-order valence-electron chi connectivity index (χ4n) is 1.51. The van der Waals surface area contributed by atoms with Crippen LogP contribution in [0.15, 0.2) is 24.3 Å². The Morgan fingerprint density at radius 2 is 2.29 bits per heavy atom. The van der Waals surface area contributed by atoms with E-state index < -0.39 is 0 Å². The minimum Gasteiger partial charge on any atom is -0.344 e. The van der Waals surface area contributed by atoms with Crippen molar-refractivity contribution in [1.82, 2.24) is 4.90 Å². The summed E-state index contributed by atoms with van der Waals surface area (Å²) in [5.41, 5.74) is 0.645. The van der Waals surface area contributed by atoms with Crippen LogP contribution < -0.4 is 0 Å². The molecule has 1 rings (SSSR count). The van der Waals surface area contributed by atoms with Gasteiger partial charge in [-0.1, -0.05) is 12.1 Å². The third-order valence-corrected chi connectivity index (χ3v) is 2.44. The quantitative estimate of drug-likeness (QED) is 0.799. The van der Waals surface area contributed by atoms with Gasteiger partial charge >= 0.3 is 0 Å². The highest BCUT2D eigenvalue weighted by atomic mass is 19.1. The van der Waals surface area contributed by atoms with E-state index in [-0.39, 0.29) is 24.1 Å². The molecule has 1 aromatic carbocycles. The van der Waals surface area contributed by atoms with Gasteiger partial charge in [-0.2, -0.15) is 5.26 Å². The van der Waals surface area contributed by atoms with E-state index in [0.29, 0.717) is 12.1 Å². The monoisotopic (exact) mass is 234 g/mol. The molecule has 90 valence electrons. The first-order chi connectivity index (χ1) is 8.02. The minimum absolute atomic E-state index is 0.113. The topological polar surface area (TPSA) is 44.1 Å². The maximum absolute atomic E-state index is 12.9. The van der Waals surface area contributed by atoms with Crippen molar-refractivity contribution in [1.29, 1.82) is 5.26 Å². The molecular weight excluding hydrogens is 219 g/mol. The summed E-state index contributed by atoms with van der Waals surface area (Å²) in [5, 5.41) is 8.65. The Morgan fingerprint density at radius 3 is 2.88 bits per heavy atom. The van der Waals surface area contributed by atoms with E-state index in [1.54, 1.807) is 26.1 Å². The number of nitrogens with zero attached hydrogens (tertiary/aromatic N) is 2. The zero-order valence-electron chi connectivity index (χ0n) is 9.98. The van der Waals surface area contributed by atoms with Crippen LogP contribution in [-0.2, 0) is 11.2 Å². The molecule has 17 heavy (non-hydrogen) atoms. The Balaban J connectivity index is 2.58. The van der Waals surface area contributed by atoms with Gasteiger partial charge < -0.3 is 4.90 Å². The average Bonchev–Trinajstić information content (AvgIpc) is 2.28. The van der Waals surface area contributed by atoms with Crippen LogP contribution in [0.2, 0.25) is 0 Å². The second-order valence-corrected chi connectivity index (χ2v) is 4.11. The smallest absolute Gasteiger partial charge is 0.226 e. The molecule has 1 unspecified atom stereocenters. The van der Waals surface area contributed by atoms with Gasteiger partial charge in [0.2, 0.25) is 5.91 Å². The van der Waals surface area contributed by atoms with Crippen LogP contribution in [0.5, 0.6) is 0 Å². The molecule has 0 aliphatic carbocycles. The number of benzene rings is 1. The molecule has 0 N–H and O–H groups in total. The zero-order valence-corrected chi connectivity index (χ0v) is 9.98. The van der Waals surface area contributed by atoms with Gasteiger partial charge in [0.05, 0.1) is 18.4 Å². The lowest BCUT2D eigenvalue weighted by Crippen LogP contribution is -2.31. The molecule has 3 nitrogen and oxygen atoms in total. The van der Waals surface area contributed by atoms with Crippen molar-refractivity contribution < 1.29 is 9.18 Å². The van der Waals surface area contributed by atoms with E-state index in [1.165, 1.54) is 17.0 Å². The molecule has 0 fully saturated rings. The van der Waals surface area contributed by atoms with Gasteiger partial charge in [0.25, 0.3) is 0 Å².